The standard InChI is InChI=1S/C13H15N3O2/c14-6-8-1-4-11(15-7-8)16-12(17)9-2-3-10(5-9)13(16)18/h1,4,7,9-10H,2-3,5-6,14H2. The number of hydrogen-bond donors (Lipinski definition) is 1. The highest BCUT2D eigenvalue weighted by Gasteiger charge is 2.46. The van der Waals surface area contributed by atoms with E-state index in [0.29, 0.717) is 12.4 Å². The van der Waals surface area contributed by atoms with Crippen molar-refractivity contribution >= 4 is 17.6 Å². The number of fused-ring (bicyclic) bond motifs is 2. The molecule has 1 saturated heterocycles. The van der Waals surface area contributed by atoms with Crippen molar-refractivity contribution in [1.29, 1.82) is 0 Å². The predicted octanol–water partition coefficient (Wildman–Crippen LogP) is 0.830. The molecule has 18 heavy (non-hydrogen) atoms. The maximum atomic E-state index is 12.2. The van der Waals surface area contributed by atoms with Crippen molar-refractivity contribution in [3.8, 4) is 0 Å². The molecule has 2 unspecified atom stereocenters. The van der Waals surface area contributed by atoms with Crippen molar-refractivity contribution in [2.45, 2.75) is 25.8 Å². The van der Waals surface area contributed by atoms with E-state index in [4.69, 9.17) is 5.73 Å². The van der Waals surface area contributed by atoms with Crippen molar-refractivity contribution in [3.05, 3.63) is 23.9 Å². The number of pyridine rings is 1. The molecule has 2 amide bonds. The van der Waals surface area contributed by atoms with Crippen molar-refractivity contribution in [2.75, 3.05) is 4.90 Å². The fraction of sp³-hybridized carbons (Fsp3) is 0.462. The molecule has 0 aromatic carbocycles. The van der Waals surface area contributed by atoms with Crippen LogP contribution >= 0.6 is 0 Å². The quantitative estimate of drug-likeness (QED) is 0.783. The lowest BCUT2D eigenvalue weighted by atomic mass is 9.97. The summed E-state index contributed by atoms with van der Waals surface area (Å²) in [6, 6.07) is 3.50. The summed E-state index contributed by atoms with van der Waals surface area (Å²) in [5.41, 5.74) is 6.39. The summed E-state index contributed by atoms with van der Waals surface area (Å²) in [6.07, 6.45) is 3.99. The number of nitrogens with zero attached hydrogens (tertiary/aromatic N) is 2. The molecule has 94 valence electrons. The van der Waals surface area contributed by atoms with Crippen molar-refractivity contribution < 1.29 is 9.59 Å². The Bertz CT molecular complexity index is 475. The van der Waals surface area contributed by atoms with Crippen LogP contribution < -0.4 is 10.6 Å². The molecule has 1 aliphatic heterocycles. The van der Waals surface area contributed by atoms with Gasteiger partial charge >= 0.3 is 0 Å². The maximum absolute atomic E-state index is 12.2. The smallest absolute Gasteiger partial charge is 0.238 e. The second-order valence-electron chi connectivity index (χ2n) is 4.95. The lowest BCUT2D eigenvalue weighted by molar-refractivity contribution is -0.133. The molecule has 2 heterocycles. The molecular weight excluding hydrogens is 230 g/mol. The lowest BCUT2D eigenvalue weighted by Crippen LogP contribution is -2.46. The second-order valence-corrected chi connectivity index (χ2v) is 4.95. The van der Waals surface area contributed by atoms with Gasteiger partial charge in [0.1, 0.15) is 5.82 Å². The third-order valence-corrected chi connectivity index (χ3v) is 3.85. The number of anilines is 1. The topological polar surface area (TPSA) is 76.3 Å². The van der Waals surface area contributed by atoms with Crippen LogP contribution in [0.4, 0.5) is 5.82 Å². The molecule has 0 spiro atoms. The highest BCUT2D eigenvalue weighted by molar-refractivity contribution is 6.18. The molecule has 5 heteroatoms. The average molecular weight is 245 g/mol. The van der Waals surface area contributed by atoms with Crippen LogP contribution in [0.3, 0.4) is 0 Å². The number of hydrogen-bond acceptors (Lipinski definition) is 4. The van der Waals surface area contributed by atoms with Gasteiger partial charge in [-0.25, -0.2) is 9.88 Å². The Hall–Kier alpha value is -1.75. The Morgan fingerprint density at radius 1 is 1.22 bits per heavy atom. The first kappa shape index (κ1) is 11.3. The van der Waals surface area contributed by atoms with Gasteiger partial charge in [-0.3, -0.25) is 9.59 Å². The first-order chi connectivity index (χ1) is 8.70. The number of rotatable bonds is 2. The highest BCUT2D eigenvalue weighted by Crippen LogP contribution is 2.39. The molecule has 2 fully saturated rings. The Kier molecular flexibility index (Phi) is 2.63. The second kappa shape index (κ2) is 4.17. The van der Waals surface area contributed by atoms with Crippen molar-refractivity contribution in [3.63, 3.8) is 0 Å². The van der Waals surface area contributed by atoms with E-state index in [1.807, 2.05) is 0 Å². The summed E-state index contributed by atoms with van der Waals surface area (Å²) in [7, 11) is 0. The molecule has 2 atom stereocenters. The number of aromatic nitrogens is 1. The number of carbonyl (C=O) groups is 2. The molecule has 2 N–H and O–H groups in total. The molecule has 2 aliphatic rings. The molecule has 2 bridgehead atoms. The van der Waals surface area contributed by atoms with E-state index < -0.39 is 0 Å². The summed E-state index contributed by atoms with van der Waals surface area (Å²) >= 11 is 0. The summed E-state index contributed by atoms with van der Waals surface area (Å²) in [4.78, 5) is 29.8. The van der Waals surface area contributed by atoms with Crippen LogP contribution in [-0.4, -0.2) is 16.8 Å². The summed E-state index contributed by atoms with van der Waals surface area (Å²) in [5, 5.41) is 0. The van der Waals surface area contributed by atoms with Crippen LogP contribution in [0.5, 0.6) is 0 Å². The van der Waals surface area contributed by atoms with Crippen molar-refractivity contribution in [2.24, 2.45) is 17.6 Å². The predicted molar refractivity (Wildman–Crippen MR) is 65.5 cm³/mol. The third-order valence-electron chi connectivity index (χ3n) is 3.85. The Morgan fingerprint density at radius 2 is 1.89 bits per heavy atom. The summed E-state index contributed by atoms with van der Waals surface area (Å²) in [6.45, 7) is 0.403. The minimum absolute atomic E-state index is 0.00341. The molecule has 0 radical (unpaired) electrons. The minimum atomic E-state index is -0.0956. The van der Waals surface area contributed by atoms with Gasteiger partial charge in [0.2, 0.25) is 11.8 Å². The fourth-order valence-corrected chi connectivity index (χ4v) is 2.80. The van der Waals surface area contributed by atoms with Gasteiger partial charge in [-0.05, 0) is 30.9 Å². The van der Waals surface area contributed by atoms with Crippen molar-refractivity contribution in [1.82, 2.24) is 4.98 Å². The zero-order chi connectivity index (χ0) is 12.7. The fourth-order valence-electron chi connectivity index (χ4n) is 2.80. The normalized spacial score (nSPS) is 26.8. The van der Waals surface area contributed by atoms with Gasteiger partial charge in [-0.2, -0.15) is 0 Å². The van der Waals surface area contributed by atoms with Gasteiger partial charge in [-0.1, -0.05) is 6.07 Å². The first-order valence-electron chi connectivity index (χ1n) is 6.23. The largest absolute Gasteiger partial charge is 0.326 e. The van der Waals surface area contributed by atoms with E-state index in [1.54, 1.807) is 18.3 Å². The van der Waals surface area contributed by atoms with E-state index in [0.717, 1.165) is 24.8 Å². The molecule has 1 saturated carbocycles. The third kappa shape index (κ3) is 1.62. The van der Waals surface area contributed by atoms with E-state index >= 15 is 0 Å². The number of nitrogens with two attached hydrogens (primary N) is 1. The maximum Gasteiger partial charge on any atom is 0.238 e. The zero-order valence-electron chi connectivity index (χ0n) is 10.0. The van der Waals surface area contributed by atoms with Gasteiger partial charge in [0, 0.05) is 24.6 Å². The number of piperidine rings is 1. The molecule has 5 nitrogen and oxygen atoms in total. The van der Waals surface area contributed by atoms with Gasteiger partial charge in [0.05, 0.1) is 0 Å². The van der Waals surface area contributed by atoms with Crippen LogP contribution in [0.25, 0.3) is 0 Å². The first-order valence-corrected chi connectivity index (χ1v) is 6.23. The van der Waals surface area contributed by atoms with Gasteiger partial charge in [-0.15, -0.1) is 0 Å². The number of imide groups is 1. The Morgan fingerprint density at radius 3 is 2.39 bits per heavy atom. The summed E-state index contributed by atoms with van der Waals surface area (Å²) in [5.74, 6) is 0.245. The van der Waals surface area contributed by atoms with E-state index in [-0.39, 0.29) is 23.7 Å². The van der Waals surface area contributed by atoms with E-state index in [9.17, 15) is 9.59 Å². The van der Waals surface area contributed by atoms with Gasteiger partial charge in [0.25, 0.3) is 0 Å². The molecule has 1 aliphatic carbocycles. The SMILES string of the molecule is NCc1ccc(N2C(=O)C3CCC(C3)C2=O)nc1. The monoisotopic (exact) mass is 245 g/mol. The van der Waals surface area contributed by atoms with E-state index in [1.165, 1.54) is 4.90 Å². The lowest BCUT2D eigenvalue weighted by Gasteiger charge is -2.28. The van der Waals surface area contributed by atoms with E-state index in [2.05, 4.69) is 4.98 Å². The van der Waals surface area contributed by atoms with Gasteiger partial charge in [0.15, 0.2) is 0 Å². The number of amides is 2. The molecule has 1 aromatic rings. The molecule has 3 rings (SSSR count). The van der Waals surface area contributed by atoms with Crippen LogP contribution in [0.1, 0.15) is 24.8 Å². The Labute approximate surface area is 105 Å². The number of carbonyl (C=O) groups excluding carboxylic acids is 2. The van der Waals surface area contributed by atoms with Crippen LogP contribution in [0.2, 0.25) is 0 Å². The Balaban J connectivity index is 1.94. The molecule has 1 aromatic heterocycles. The van der Waals surface area contributed by atoms with Crippen LogP contribution in [0, 0.1) is 11.8 Å². The van der Waals surface area contributed by atoms with Crippen LogP contribution in [0.15, 0.2) is 18.3 Å². The van der Waals surface area contributed by atoms with Gasteiger partial charge < -0.3 is 5.73 Å². The zero-order valence-corrected chi connectivity index (χ0v) is 10.0. The minimum Gasteiger partial charge on any atom is -0.326 e. The summed E-state index contributed by atoms with van der Waals surface area (Å²) < 4.78 is 0. The molecular formula is C13H15N3O2. The van der Waals surface area contributed by atoms with Crippen LogP contribution in [-0.2, 0) is 16.1 Å². The highest BCUT2D eigenvalue weighted by atomic mass is 16.2. The average Bonchev–Trinajstić information content (AvgIpc) is 2.85.